The Balaban J connectivity index is 1.91. The lowest BCUT2D eigenvalue weighted by Crippen LogP contribution is -2.16. The van der Waals surface area contributed by atoms with Gasteiger partial charge in [-0.25, -0.2) is 4.79 Å². The zero-order valence-electron chi connectivity index (χ0n) is 16.5. The lowest BCUT2D eigenvalue weighted by molar-refractivity contribution is -0.117. The third-order valence-electron chi connectivity index (χ3n) is 4.65. The second-order valence-corrected chi connectivity index (χ2v) is 8.04. The fourth-order valence-electron chi connectivity index (χ4n) is 2.96. The van der Waals surface area contributed by atoms with Crippen LogP contribution in [0.2, 0.25) is 0 Å². The van der Waals surface area contributed by atoms with Crippen LogP contribution in [0.1, 0.15) is 56.5 Å². The van der Waals surface area contributed by atoms with Crippen molar-refractivity contribution in [2.24, 2.45) is 5.92 Å². The Morgan fingerprint density at radius 3 is 2.46 bits per heavy atom. The molecule has 0 spiro atoms. The van der Waals surface area contributed by atoms with Gasteiger partial charge in [0.05, 0.1) is 17.0 Å². The Morgan fingerprint density at radius 2 is 1.86 bits per heavy atom. The van der Waals surface area contributed by atoms with Crippen molar-refractivity contribution in [3.63, 3.8) is 0 Å². The number of hydrogen-bond donors (Lipinski definition) is 2. The molecule has 1 fully saturated rings. The topological polar surface area (TPSA) is 84.5 Å². The summed E-state index contributed by atoms with van der Waals surface area (Å²) < 4.78 is 5.14. The van der Waals surface area contributed by atoms with Gasteiger partial charge in [-0.3, -0.25) is 9.59 Å². The van der Waals surface area contributed by atoms with Crippen LogP contribution in [0.4, 0.5) is 10.7 Å². The molecule has 1 aliphatic carbocycles. The highest BCUT2D eigenvalue weighted by atomic mass is 32.1. The standard InChI is InChI=1S/C21H24N2O4S/c1-5-27-21(26)16-13(4)17(28-20(16)23-18(24)14-7-8-14)19(25)22-15-9-6-11(2)10-12(15)3/h6,9-10,14H,5,7-8H2,1-4H3,(H,22,25)(H,23,24). The van der Waals surface area contributed by atoms with Gasteiger partial charge in [-0.2, -0.15) is 0 Å². The molecule has 2 aromatic rings. The van der Waals surface area contributed by atoms with Crippen molar-refractivity contribution >= 4 is 39.8 Å². The molecule has 148 valence electrons. The highest BCUT2D eigenvalue weighted by molar-refractivity contribution is 7.19. The van der Waals surface area contributed by atoms with E-state index in [1.54, 1.807) is 13.8 Å². The van der Waals surface area contributed by atoms with E-state index < -0.39 is 5.97 Å². The van der Waals surface area contributed by atoms with Crippen LogP contribution in [0.25, 0.3) is 0 Å². The maximum absolute atomic E-state index is 12.9. The van der Waals surface area contributed by atoms with Crippen LogP contribution in [0.5, 0.6) is 0 Å². The van der Waals surface area contributed by atoms with Gasteiger partial charge in [0.2, 0.25) is 5.91 Å². The summed E-state index contributed by atoms with van der Waals surface area (Å²) >= 11 is 1.11. The van der Waals surface area contributed by atoms with Gasteiger partial charge in [-0.05, 0) is 57.7 Å². The normalized spacial score (nSPS) is 13.1. The summed E-state index contributed by atoms with van der Waals surface area (Å²) in [5.41, 5.74) is 3.54. The van der Waals surface area contributed by atoms with E-state index in [0.29, 0.717) is 21.1 Å². The number of anilines is 2. The third kappa shape index (κ3) is 4.25. The van der Waals surface area contributed by atoms with Gasteiger partial charge in [0.25, 0.3) is 5.91 Å². The molecule has 2 amide bonds. The summed E-state index contributed by atoms with van der Waals surface area (Å²) in [4.78, 5) is 37.9. The molecular formula is C21H24N2O4S. The van der Waals surface area contributed by atoms with E-state index in [1.165, 1.54) is 0 Å². The molecule has 1 aromatic heterocycles. The first-order chi connectivity index (χ1) is 13.3. The van der Waals surface area contributed by atoms with Crippen molar-refractivity contribution in [1.29, 1.82) is 0 Å². The van der Waals surface area contributed by atoms with E-state index >= 15 is 0 Å². The number of aryl methyl sites for hydroxylation is 2. The summed E-state index contributed by atoms with van der Waals surface area (Å²) in [5, 5.41) is 6.08. The number of nitrogens with one attached hydrogen (secondary N) is 2. The van der Waals surface area contributed by atoms with Crippen LogP contribution in [0.3, 0.4) is 0 Å². The van der Waals surface area contributed by atoms with Gasteiger partial charge in [0.15, 0.2) is 0 Å². The zero-order chi connectivity index (χ0) is 20.4. The summed E-state index contributed by atoms with van der Waals surface area (Å²) in [6, 6.07) is 5.77. The Hall–Kier alpha value is -2.67. The van der Waals surface area contributed by atoms with Gasteiger partial charge in [0, 0.05) is 11.6 Å². The second-order valence-electron chi connectivity index (χ2n) is 7.02. The minimum absolute atomic E-state index is 0.00932. The maximum Gasteiger partial charge on any atom is 0.341 e. The first kappa shape index (κ1) is 20.1. The molecular weight excluding hydrogens is 376 g/mol. The number of carbonyl (C=O) groups excluding carboxylic acids is 3. The minimum atomic E-state index is -0.534. The highest BCUT2D eigenvalue weighted by Crippen LogP contribution is 2.37. The van der Waals surface area contributed by atoms with E-state index in [9.17, 15) is 14.4 Å². The quantitative estimate of drug-likeness (QED) is 0.702. The molecule has 1 heterocycles. The summed E-state index contributed by atoms with van der Waals surface area (Å²) in [6.07, 6.45) is 1.70. The van der Waals surface area contributed by atoms with Crippen LogP contribution >= 0.6 is 11.3 Å². The molecule has 7 heteroatoms. The van der Waals surface area contributed by atoms with Crippen LogP contribution in [-0.4, -0.2) is 24.4 Å². The van der Waals surface area contributed by atoms with Crippen LogP contribution in [-0.2, 0) is 9.53 Å². The van der Waals surface area contributed by atoms with Gasteiger partial charge in [-0.15, -0.1) is 11.3 Å². The smallest absolute Gasteiger partial charge is 0.341 e. The molecule has 0 radical (unpaired) electrons. The van der Waals surface area contributed by atoms with Crippen molar-refractivity contribution in [2.75, 3.05) is 17.2 Å². The fraction of sp³-hybridized carbons (Fsp3) is 0.381. The first-order valence-electron chi connectivity index (χ1n) is 9.31. The third-order valence-corrected chi connectivity index (χ3v) is 5.85. The lowest BCUT2D eigenvalue weighted by atomic mass is 10.1. The Kier molecular flexibility index (Phi) is 5.84. The number of benzene rings is 1. The molecule has 0 unspecified atom stereocenters. The number of thiophene rings is 1. The van der Waals surface area contributed by atoms with Gasteiger partial charge >= 0.3 is 5.97 Å². The number of amides is 2. The Labute approximate surface area is 168 Å². The van der Waals surface area contributed by atoms with Gasteiger partial charge in [0.1, 0.15) is 5.00 Å². The predicted molar refractivity (Wildman–Crippen MR) is 110 cm³/mol. The Bertz CT molecular complexity index is 944. The van der Waals surface area contributed by atoms with Crippen molar-refractivity contribution in [2.45, 2.75) is 40.5 Å². The molecule has 6 nitrogen and oxygen atoms in total. The number of hydrogen-bond acceptors (Lipinski definition) is 5. The average molecular weight is 401 g/mol. The molecule has 28 heavy (non-hydrogen) atoms. The number of ether oxygens (including phenoxy) is 1. The molecule has 1 aromatic carbocycles. The first-order valence-corrected chi connectivity index (χ1v) is 10.1. The maximum atomic E-state index is 12.9. The van der Waals surface area contributed by atoms with Crippen molar-refractivity contribution in [3.05, 3.63) is 45.3 Å². The van der Waals surface area contributed by atoms with E-state index in [1.807, 2.05) is 32.0 Å². The average Bonchev–Trinajstić information content (AvgIpc) is 3.42. The van der Waals surface area contributed by atoms with Gasteiger partial charge < -0.3 is 15.4 Å². The highest BCUT2D eigenvalue weighted by Gasteiger charge is 2.32. The van der Waals surface area contributed by atoms with E-state index in [2.05, 4.69) is 10.6 Å². The van der Waals surface area contributed by atoms with Crippen molar-refractivity contribution in [3.8, 4) is 0 Å². The second kappa shape index (κ2) is 8.14. The molecule has 0 bridgehead atoms. The molecule has 1 aliphatic rings. The molecule has 2 N–H and O–H groups in total. The summed E-state index contributed by atoms with van der Waals surface area (Å²) in [5.74, 6) is -0.974. The number of esters is 1. The van der Waals surface area contributed by atoms with E-state index in [4.69, 9.17) is 4.74 Å². The molecule has 3 rings (SSSR count). The Morgan fingerprint density at radius 1 is 1.14 bits per heavy atom. The van der Waals surface area contributed by atoms with Crippen molar-refractivity contribution < 1.29 is 19.1 Å². The summed E-state index contributed by atoms with van der Waals surface area (Å²) in [6.45, 7) is 7.55. The lowest BCUT2D eigenvalue weighted by Gasteiger charge is -2.09. The van der Waals surface area contributed by atoms with Crippen molar-refractivity contribution in [1.82, 2.24) is 0 Å². The van der Waals surface area contributed by atoms with Gasteiger partial charge in [-0.1, -0.05) is 17.7 Å². The molecule has 0 aliphatic heterocycles. The van der Waals surface area contributed by atoms with E-state index in [-0.39, 0.29) is 29.9 Å². The zero-order valence-corrected chi connectivity index (χ0v) is 17.3. The molecule has 1 saturated carbocycles. The van der Waals surface area contributed by atoms with Crippen LogP contribution < -0.4 is 10.6 Å². The van der Waals surface area contributed by atoms with Crippen LogP contribution in [0, 0.1) is 26.7 Å². The monoisotopic (exact) mass is 400 g/mol. The largest absolute Gasteiger partial charge is 0.462 e. The minimum Gasteiger partial charge on any atom is -0.462 e. The van der Waals surface area contributed by atoms with Crippen LogP contribution in [0.15, 0.2) is 18.2 Å². The number of carbonyl (C=O) groups is 3. The predicted octanol–water partition coefficient (Wildman–Crippen LogP) is 4.45. The number of rotatable bonds is 6. The fourth-order valence-corrected chi connectivity index (χ4v) is 4.05. The SMILES string of the molecule is CCOC(=O)c1c(NC(=O)C2CC2)sc(C(=O)Nc2ccc(C)cc2C)c1C. The summed E-state index contributed by atoms with van der Waals surface area (Å²) in [7, 11) is 0. The molecule has 0 atom stereocenters. The molecule has 0 saturated heterocycles. The van der Waals surface area contributed by atoms with E-state index in [0.717, 1.165) is 35.3 Å².